The van der Waals surface area contributed by atoms with Crippen LogP contribution in [-0.4, -0.2) is 27.0 Å². The number of nitrogens with zero attached hydrogens (tertiary/aromatic N) is 1. The van der Waals surface area contributed by atoms with Gasteiger partial charge >= 0.3 is 10.5 Å². The predicted molar refractivity (Wildman–Crippen MR) is 79.6 cm³/mol. The van der Waals surface area contributed by atoms with Crippen LogP contribution in [0.1, 0.15) is 18.9 Å². The van der Waals surface area contributed by atoms with Crippen LogP contribution in [0, 0.1) is 11.6 Å². The van der Waals surface area contributed by atoms with Crippen LogP contribution in [0.4, 0.5) is 8.78 Å². The normalized spacial score (nSPS) is 19.1. The van der Waals surface area contributed by atoms with E-state index in [4.69, 9.17) is 16.4 Å². The molecule has 0 aliphatic carbocycles. The summed E-state index contributed by atoms with van der Waals surface area (Å²) in [5, 5.41) is 0.656. The van der Waals surface area contributed by atoms with Gasteiger partial charge in [-0.3, -0.25) is 14.4 Å². The third-order valence-electron chi connectivity index (χ3n) is 2.63. The fraction of sp³-hybridized carbons (Fsp3) is 0.231. The van der Waals surface area contributed by atoms with Crippen molar-refractivity contribution in [2.75, 3.05) is 0 Å². The van der Waals surface area contributed by atoms with Crippen molar-refractivity contribution in [1.82, 2.24) is 0 Å². The summed E-state index contributed by atoms with van der Waals surface area (Å²) in [5.74, 6) is -1.43. The maximum atomic E-state index is 13.0. The number of carbonyl (C=O) groups excluding carboxylic acids is 3. The molecule has 124 valence electrons. The van der Waals surface area contributed by atoms with Gasteiger partial charge in [0.05, 0.1) is 5.71 Å². The van der Waals surface area contributed by atoms with Crippen molar-refractivity contribution < 1.29 is 28.0 Å². The van der Waals surface area contributed by atoms with Crippen LogP contribution in [0.15, 0.2) is 23.4 Å². The van der Waals surface area contributed by atoms with Gasteiger partial charge in [0.1, 0.15) is 11.6 Å². The van der Waals surface area contributed by atoms with Crippen molar-refractivity contribution in [2.24, 2.45) is 5.16 Å². The lowest BCUT2D eigenvalue weighted by molar-refractivity contribution is -0.130. The van der Waals surface area contributed by atoms with E-state index in [9.17, 15) is 23.2 Å². The van der Waals surface area contributed by atoms with Gasteiger partial charge in [0.15, 0.2) is 0 Å². The molecule has 0 saturated heterocycles. The Morgan fingerprint density at radius 3 is 1.91 bits per heavy atom. The molecule has 5 nitrogen and oxygen atoms in total. The van der Waals surface area contributed by atoms with Crippen LogP contribution >= 0.6 is 34.8 Å². The van der Waals surface area contributed by atoms with Crippen LogP contribution < -0.4 is 0 Å². The summed E-state index contributed by atoms with van der Waals surface area (Å²) in [6.45, 7) is 1.47. The number of benzene rings is 1. The Bertz CT molecular complexity index is 664. The SMILES string of the molecule is CC1(C(=O)Cl)CC(c2cc(F)cc(F)c2)=NO1.O=C(Cl)C(=O)Cl. The molecular weight excluding hydrogens is 379 g/mol. The van der Waals surface area contributed by atoms with Gasteiger partial charge in [0.25, 0.3) is 5.24 Å². The molecule has 0 saturated carbocycles. The Hall–Kier alpha value is -1.57. The molecule has 0 radical (unpaired) electrons. The third-order valence-corrected chi connectivity index (χ3v) is 3.47. The lowest BCUT2D eigenvalue weighted by Gasteiger charge is -2.14. The molecule has 0 fully saturated rings. The summed E-state index contributed by atoms with van der Waals surface area (Å²) in [6, 6.07) is 3.00. The van der Waals surface area contributed by atoms with Crippen LogP contribution in [-0.2, 0) is 19.2 Å². The van der Waals surface area contributed by atoms with E-state index in [-0.39, 0.29) is 12.0 Å². The third kappa shape index (κ3) is 5.53. The smallest absolute Gasteiger partial charge is 0.304 e. The van der Waals surface area contributed by atoms with E-state index < -0.39 is 33.0 Å². The number of oxime groups is 1. The van der Waals surface area contributed by atoms with Crippen molar-refractivity contribution in [1.29, 1.82) is 0 Å². The van der Waals surface area contributed by atoms with E-state index in [1.54, 1.807) is 0 Å². The van der Waals surface area contributed by atoms with Crippen LogP contribution in [0.3, 0.4) is 0 Å². The largest absolute Gasteiger partial charge is 0.379 e. The van der Waals surface area contributed by atoms with Gasteiger partial charge in [-0.1, -0.05) is 5.16 Å². The molecule has 0 bridgehead atoms. The molecule has 0 spiro atoms. The van der Waals surface area contributed by atoms with Crippen molar-refractivity contribution in [3.8, 4) is 0 Å². The van der Waals surface area contributed by atoms with Crippen LogP contribution in [0.25, 0.3) is 0 Å². The topological polar surface area (TPSA) is 72.8 Å². The highest BCUT2D eigenvalue weighted by atomic mass is 35.5. The standard InChI is InChI=1S/C11H8ClF2NO2.C2Cl2O2/c1-11(10(12)16)5-9(15-17-11)6-2-7(13)4-8(14)3-6;3-1(5)2(4)6/h2-4H,5H2,1H3;. The minimum absolute atomic E-state index is 0.0816. The molecule has 0 N–H and O–H groups in total. The number of hydrogen-bond donors (Lipinski definition) is 0. The summed E-state index contributed by atoms with van der Waals surface area (Å²) in [6.07, 6.45) is 0.0816. The second-order valence-electron chi connectivity index (χ2n) is 4.52. The molecule has 0 aromatic heterocycles. The van der Waals surface area contributed by atoms with E-state index >= 15 is 0 Å². The first kappa shape index (κ1) is 19.5. The Labute approximate surface area is 144 Å². The zero-order valence-electron chi connectivity index (χ0n) is 11.4. The van der Waals surface area contributed by atoms with Gasteiger partial charge in [-0.15, -0.1) is 0 Å². The predicted octanol–water partition coefficient (Wildman–Crippen LogP) is 3.13. The first-order valence-corrected chi connectivity index (χ1v) is 6.99. The molecule has 1 aromatic rings. The highest BCUT2D eigenvalue weighted by Gasteiger charge is 2.41. The Kier molecular flexibility index (Phi) is 6.61. The summed E-state index contributed by atoms with van der Waals surface area (Å²) >= 11 is 14.3. The minimum atomic E-state index is -1.26. The van der Waals surface area contributed by atoms with E-state index in [2.05, 4.69) is 28.4 Å². The number of carbonyl (C=O) groups is 3. The molecule has 1 aliphatic heterocycles. The molecular formula is C13H8Cl3F2NO4. The fourth-order valence-corrected chi connectivity index (χ4v) is 1.62. The molecule has 1 heterocycles. The lowest BCUT2D eigenvalue weighted by Crippen LogP contribution is -2.31. The lowest BCUT2D eigenvalue weighted by atomic mass is 9.97. The van der Waals surface area contributed by atoms with Gasteiger partial charge in [-0.05, 0) is 53.9 Å². The quantitative estimate of drug-likeness (QED) is 0.591. The zero-order chi connectivity index (χ0) is 17.8. The van der Waals surface area contributed by atoms with Crippen LogP contribution in [0.5, 0.6) is 0 Å². The van der Waals surface area contributed by atoms with Crippen molar-refractivity contribution in [3.63, 3.8) is 0 Å². The van der Waals surface area contributed by atoms with Crippen LogP contribution in [0.2, 0.25) is 0 Å². The number of hydrogen-bond acceptors (Lipinski definition) is 5. The minimum Gasteiger partial charge on any atom is -0.379 e. The average molecular weight is 387 g/mol. The Morgan fingerprint density at radius 2 is 1.57 bits per heavy atom. The summed E-state index contributed by atoms with van der Waals surface area (Å²) in [7, 11) is 0. The molecule has 23 heavy (non-hydrogen) atoms. The Morgan fingerprint density at radius 1 is 1.09 bits per heavy atom. The fourth-order valence-electron chi connectivity index (χ4n) is 1.52. The van der Waals surface area contributed by atoms with E-state index in [0.29, 0.717) is 5.71 Å². The molecule has 1 aromatic carbocycles. The molecule has 2 rings (SSSR count). The van der Waals surface area contributed by atoms with Crippen molar-refractivity contribution >= 4 is 56.2 Å². The first-order chi connectivity index (χ1) is 10.5. The monoisotopic (exact) mass is 385 g/mol. The maximum absolute atomic E-state index is 13.0. The van der Waals surface area contributed by atoms with E-state index in [1.165, 1.54) is 6.92 Å². The zero-order valence-corrected chi connectivity index (χ0v) is 13.7. The van der Waals surface area contributed by atoms with Crippen molar-refractivity contribution in [2.45, 2.75) is 18.9 Å². The second-order valence-corrected chi connectivity index (χ2v) is 5.55. The van der Waals surface area contributed by atoms with Gasteiger partial charge < -0.3 is 4.84 Å². The number of rotatable bonds is 3. The molecule has 1 atom stereocenters. The molecule has 0 amide bonds. The molecule has 1 unspecified atom stereocenters. The van der Waals surface area contributed by atoms with E-state index in [1.807, 2.05) is 0 Å². The number of halogens is 5. The molecule has 1 aliphatic rings. The highest BCUT2D eigenvalue weighted by molar-refractivity contribution is 6.97. The van der Waals surface area contributed by atoms with E-state index in [0.717, 1.165) is 18.2 Å². The first-order valence-electron chi connectivity index (χ1n) is 5.86. The second kappa shape index (κ2) is 7.81. The Balaban J connectivity index is 0.000000379. The highest BCUT2D eigenvalue weighted by Crippen LogP contribution is 2.29. The van der Waals surface area contributed by atoms with Gasteiger partial charge in [0, 0.05) is 18.1 Å². The summed E-state index contributed by atoms with van der Waals surface area (Å²) < 4.78 is 26.0. The van der Waals surface area contributed by atoms with Crippen molar-refractivity contribution in [3.05, 3.63) is 35.4 Å². The van der Waals surface area contributed by atoms with Gasteiger partial charge in [-0.25, -0.2) is 8.78 Å². The van der Waals surface area contributed by atoms with Gasteiger partial charge in [0.2, 0.25) is 5.60 Å². The maximum Gasteiger partial charge on any atom is 0.304 e. The van der Waals surface area contributed by atoms with Gasteiger partial charge in [-0.2, -0.15) is 0 Å². The average Bonchev–Trinajstić information content (AvgIpc) is 2.82. The summed E-state index contributed by atoms with van der Waals surface area (Å²) in [5.41, 5.74) is -0.733. The summed E-state index contributed by atoms with van der Waals surface area (Å²) in [4.78, 5) is 34.9. The molecule has 10 heteroatoms.